The van der Waals surface area contributed by atoms with Gasteiger partial charge >= 0.3 is 0 Å². The van der Waals surface area contributed by atoms with E-state index in [4.69, 9.17) is 0 Å². The van der Waals surface area contributed by atoms with E-state index in [2.05, 4.69) is 30.8 Å². The molecular weight excluding hydrogens is 292 g/mol. The molecule has 1 heterocycles. The highest BCUT2D eigenvalue weighted by atomic mass is 32.2. The molecule has 0 bridgehead atoms. The Morgan fingerprint density at radius 1 is 1.30 bits per heavy atom. The third-order valence-corrected chi connectivity index (χ3v) is 6.14. The molecule has 0 aliphatic carbocycles. The Bertz CT molecular complexity index is 528. The Morgan fingerprint density at radius 3 is 2.50 bits per heavy atom. The van der Waals surface area contributed by atoms with Crippen molar-refractivity contribution in [3.63, 3.8) is 0 Å². The minimum atomic E-state index is -3.37. The van der Waals surface area contributed by atoms with Gasteiger partial charge in [-0.3, -0.25) is 0 Å². The van der Waals surface area contributed by atoms with Crippen LogP contribution >= 0.6 is 11.3 Å². The van der Waals surface area contributed by atoms with Crippen LogP contribution in [0.1, 0.15) is 44.6 Å². The average Bonchev–Trinajstić information content (AvgIpc) is 2.67. The molecule has 116 valence electrons. The van der Waals surface area contributed by atoms with Crippen molar-refractivity contribution in [2.75, 3.05) is 13.1 Å². The van der Waals surface area contributed by atoms with E-state index in [1.165, 1.54) is 11.3 Å². The Kier molecular flexibility index (Phi) is 6.19. The molecule has 1 rings (SSSR count). The van der Waals surface area contributed by atoms with Crippen LogP contribution in [0.15, 0.2) is 10.3 Å². The minimum absolute atomic E-state index is 0.129. The number of hydrogen-bond donors (Lipinski definition) is 2. The van der Waals surface area contributed by atoms with Crippen LogP contribution in [0.2, 0.25) is 0 Å². The summed E-state index contributed by atoms with van der Waals surface area (Å²) in [6.07, 6.45) is 0.820. The van der Waals surface area contributed by atoms with Gasteiger partial charge in [-0.25, -0.2) is 13.1 Å². The number of aryl methyl sites for hydroxylation is 1. The van der Waals surface area contributed by atoms with E-state index in [1.807, 2.05) is 13.8 Å². The Balaban J connectivity index is 2.72. The van der Waals surface area contributed by atoms with E-state index >= 15 is 0 Å². The van der Waals surface area contributed by atoms with E-state index in [0.29, 0.717) is 10.8 Å². The Morgan fingerprint density at radius 2 is 1.95 bits per heavy atom. The predicted octanol–water partition coefficient (Wildman–Crippen LogP) is 2.88. The molecule has 0 radical (unpaired) electrons. The maximum atomic E-state index is 12.2. The third kappa shape index (κ3) is 5.52. The molecule has 0 aromatic carbocycles. The molecule has 0 spiro atoms. The van der Waals surface area contributed by atoms with Gasteiger partial charge in [0.2, 0.25) is 10.0 Å². The van der Waals surface area contributed by atoms with E-state index in [1.54, 1.807) is 6.07 Å². The van der Waals surface area contributed by atoms with Crippen molar-refractivity contribution < 1.29 is 8.42 Å². The number of sulfonamides is 1. The summed E-state index contributed by atoms with van der Waals surface area (Å²) in [6, 6.07) is 1.76. The molecule has 0 unspecified atom stereocenters. The molecule has 0 saturated carbocycles. The van der Waals surface area contributed by atoms with Crippen LogP contribution in [0.3, 0.4) is 0 Å². The Labute approximate surface area is 127 Å². The van der Waals surface area contributed by atoms with Crippen molar-refractivity contribution in [3.05, 3.63) is 16.5 Å². The first-order valence-electron chi connectivity index (χ1n) is 6.95. The molecule has 1 aromatic heterocycles. The maximum absolute atomic E-state index is 12.2. The Hall–Kier alpha value is -0.430. The summed E-state index contributed by atoms with van der Waals surface area (Å²) >= 11 is 1.35. The molecule has 0 aliphatic rings. The van der Waals surface area contributed by atoms with Gasteiger partial charge in [-0.1, -0.05) is 27.7 Å². The molecule has 2 N–H and O–H groups in total. The molecule has 0 atom stereocenters. The molecule has 1 aromatic rings. The van der Waals surface area contributed by atoms with E-state index < -0.39 is 10.0 Å². The van der Waals surface area contributed by atoms with Gasteiger partial charge in [0.1, 0.15) is 4.21 Å². The number of hydrogen-bond acceptors (Lipinski definition) is 4. The van der Waals surface area contributed by atoms with Gasteiger partial charge in [-0.15, -0.1) is 11.3 Å². The maximum Gasteiger partial charge on any atom is 0.250 e. The zero-order valence-electron chi connectivity index (χ0n) is 13.0. The van der Waals surface area contributed by atoms with Gasteiger partial charge in [0.25, 0.3) is 0 Å². The molecule has 0 fully saturated rings. The zero-order valence-corrected chi connectivity index (χ0v) is 14.7. The van der Waals surface area contributed by atoms with Crippen molar-refractivity contribution >= 4 is 21.4 Å². The van der Waals surface area contributed by atoms with Crippen LogP contribution in [0.5, 0.6) is 0 Å². The molecule has 6 heteroatoms. The summed E-state index contributed by atoms with van der Waals surface area (Å²) in [5, 5.41) is 3.23. The quantitative estimate of drug-likeness (QED) is 0.813. The molecule has 0 amide bonds. The lowest BCUT2D eigenvalue weighted by Crippen LogP contribution is -2.26. The standard InChI is InChI=1S/C14H26N2O2S2/c1-6-15-10-12-11(2)9-13(19-12)20(17,18)16-8-7-14(3,4)5/h9,15-16H,6-8,10H2,1-5H3. The van der Waals surface area contributed by atoms with Crippen LogP contribution < -0.4 is 10.0 Å². The van der Waals surface area contributed by atoms with Gasteiger partial charge in [-0.2, -0.15) is 0 Å². The predicted molar refractivity (Wildman–Crippen MR) is 85.7 cm³/mol. The van der Waals surface area contributed by atoms with Gasteiger partial charge in [0, 0.05) is 18.0 Å². The van der Waals surface area contributed by atoms with Crippen LogP contribution in [0, 0.1) is 12.3 Å². The smallest absolute Gasteiger partial charge is 0.250 e. The summed E-state index contributed by atoms with van der Waals surface area (Å²) in [6.45, 7) is 12.4. The van der Waals surface area contributed by atoms with Crippen LogP contribution in [0.4, 0.5) is 0 Å². The fraction of sp³-hybridized carbons (Fsp3) is 0.714. The molecule has 4 nitrogen and oxygen atoms in total. The molecule has 20 heavy (non-hydrogen) atoms. The van der Waals surface area contributed by atoms with E-state index in [9.17, 15) is 8.42 Å². The van der Waals surface area contributed by atoms with Crippen LogP contribution in [0.25, 0.3) is 0 Å². The lowest BCUT2D eigenvalue weighted by Gasteiger charge is -2.17. The van der Waals surface area contributed by atoms with Crippen molar-refractivity contribution in [3.8, 4) is 0 Å². The van der Waals surface area contributed by atoms with Gasteiger partial charge in [0.05, 0.1) is 0 Å². The number of nitrogens with one attached hydrogen (secondary N) is 2. The second kappa shape index (κ2) is 7.02. The normalized spacial score (nSPS) is 12.8. The first-order valence-corrected chi connectivity index (χ1v) is 9.25. The van der Waals surface area contributed by atoms with Crippen LogP contribution in [-0.4, -0.2) is 21.5 Å². The number of thiophene rings is 1. The highest BCUT2D eigenvalue weighted by Gasteiger charge is 2.19. The van der Waals surface area contributed by atoms with Crippen LogP contribution in [-0.2, 0) is 16.6 Å². The fourth-order valence-electron chi connectivity index (χ4n) is 1.67. The summed E-state index contributed by atoms with van der Waals surface area (Å²) < 4.78 is 27.6. The summed E-state index contributed by atoms with van der Waals surface area (Å²) in [4.78, 5) is 1.09. The lowest BCUT2D eigenvalue weighted by molar-refractivity contribution is 0.378. The first kappa shape index (κ1) is 17.6. The monoisotopic (exact) mass is 318 g/mol. The lowest BCUT2D eigenvalue weighted by atomic mass is 9.93. The summed E-state index contributed by atoms with van der Waals surface area (Å²) in [5.41, 5.74) is 1.16. The fourth-order valence-corrected chi connectivity index (χ4v) is 4.30. The average molecular weight is 319 g/mol. The first-order chi connectivity index (χ1) is 9.15. The second-order valence-electron chi connectivity index (χ2n) is 6.16. The summed E-state index contributed by atoms with van der Waals surface area (Å²) in [5.74, 6) is 0. The van der Waals surface area contributed by atoms with E-state index in [-0.39, 0.29) is 5.41 Å². The van der Waals surface area contributed by atoms with Gasteiger partial charge < -0.3 is 5.32 Å². The third-order valence-electron chi connectivity index (χ3n) is 2.97. The van der Waals surface area contributed by atoms with Gasteiger partial charge in [-0.05, 0) is 36.9 Å². The largest absolute Gasteiger partial charge is 0.312 e. The second-order valence-corrected chi connectivity index (χ2v) is 9.29. The highest BCUT2D eigenvalue weighted by Crippen LogP contribution is 2.26. The molecule has 0 aliphatic heterocycles. The van der Waals surface area contributed by atoms with Crippen molar-refractivity contribution in [2.24, 2.45) is 5.41 Å². The number of rotatable bonds is 7. The van der Waals surface area contributed by atoms with Crippen molar-refractivity contribution in [1.29, 1.82) is 0 Å². The summed E-state index contributed by atoms with van der Waals surface area (Å²) in [7, 11) is -3.37. The SMILES string of the molecule is CCNCc1sc(S(=O)(=O)NCCC(C)(C)C)cc1C. The van der Waals surface area contributed by atoms with Crippen molar-refractivity contribution in [1.82, 2.24) is 10.0 Å². The molecular formula is C14H26N2O2S2. The minimum Gasteiger partial charge on any atom is -0.312 e. The highest BCUT2D eigenvalue weighted by molar-refractivity contribution is 7.91. The van der Waals surface area contributed by atoms with E-state index in [0.717, 1.165) is 30.0 Å². The van der Waals surface area contributed by atoms with Crippen molar-refractivity contribution in [2.45, 2.75) is 51.8 Å². The molecule has 0 saturated heterocycles. The zero-order chi connectivity index (χ0) is 15.4. The van der Waals surface area contributed by atoms with Gasteiger partial charge in [0.15, 0.2) is 0 Å². The topological polar surface area (TPSA) is 58.2 Å².